The van der Waals surface area contributed by atoms with Gasteiger partial charge in [0.1, 0.15) is 11.8 Å². The number of aromatic nitrogens is 4. The van der Waals surface area contributed by atoms with Crippen LogP contribution < -0.4 is 0 Å². The lowest BCUT2D eigenvalue weighted by molar-refractivity contribution is -0.169. The number of carbonyl (C=O) groups is 3. The van der Waals surface area contributed by atoms with E-state index in [1.807, 2.05) is 19.0 Å². The van der Waals surface area contributed by atoms with Crippen LogP contribution in [-0.2, 0) is 30.3 Å². The van der Waals surface area contributed by atoms with Gasteiger partial charge in [-0.2, -0.15) is 0 Å². The predicted molar refractivity (Wildman–Crippen MR) is 132 cm³/mol. The first-order valence-corrected chi connectivity index (χ1v) is 14.1. The van der Waals surface area contributed by atoms with Crippen LogP contribution in [0.3, 0.4) is 0 Å². The average molecular weight is 541 g/mol. The molecular weight excluding hydrogens is 508 g/mol. The molecule has 0 aromatic carbocycles. The van der Waals surface area contributed by atoms with Crippen LogP contribution in [0.5, 0.6) is 0 Å². The molecule has 12 nitrogen and oxygen atoms in total. The lowest BCUT2D eigenvalue weighted by atomic mass is 9.98. The molecule has 1 aromatic heterocycles. The second kappa shape index (κ2) is 12.3. The van der Waals surface area contributed by atoms with Gasteiger partial charge in [0, 0.05) is 25.0 Å². The molecule has 14 heteroatoms. The zero-order valence-corrected chi connectivity index (χ0v) is 22.4. The van der Waals surface area contributed by atoms with Crippen molar-refractivity contribution in [1.29, 1.82) is 0 Å². The number of β-lactam (4-membered cyclic amide) rings is 1. The van der Waals surface area contributed by atoms with Crippen LogP contribution in [0.25, 0.3) is 0 Å². The Morgan fingerprint density at radius 1 is 1.22 bits per heavy atom. The summed E-state index contributed by atoms with van der Waals surface area (Å²) < 4.78 is 17.6. The first-order chi connectivity index (χ1) is 17.3. The van der Waals surface area contributed by atoms with Crippen LogP contribution in [0.4, 0.5) is 4.79 Å². The number of hydrogen-bond acceptors (Lipinski definition) is 12. The SMILES string of the molecule is CC(OC(=O)OC1CCCCC1)OC(=O)C1=C(CSc2nnnn2CCN(C)C)CS[C@H]2CC(=O)N12. The molecule has 3 heterocycles. The van der Waals surface area contributed by atoms with E-state index in [1.165, 1.54) is 23.6 Å². The minimum absolute atomic E-state index is 0.0910. The first kappa shape index (κ1) is 26.7. The van der Waals surface area contributed by atoms with Gasteiger partial charge in [0.25, 0.3) is 0 Å². The molecule has 0 bridgehead atoms. The van der Waals surface area contributed by atoms with Gasteiger partial charge in [0.05, 0.1) is 18.3 Å². The van der Waals surface area contributed by atoms with Gasteiger partial charge in [0.15, 0.2) is 0 Å². The topological polar surface area (TPSA) is 129 Å². The molecule has 0 spiro atoms. The van der Waals surface area contributed by atoms with E-state index < -0.39 is 18.4 Å². The van der Waals surface area contributed by atoms with Crippen LogP contribution in [-0.4, -0.2) is 98.0 Å². The smallest absolute Gasteiger partial charge is 0.431 e. The highest BCUT2D eigenvalue weighted by Crippen LogP contribution is 2.41. The summed E-state index contributed by atoms with van der Waals surface area (Å²) >= 11 is 3.00. The number of carbonyl (C=O) groups excluding carboxylic acids is 3. The summed E-state index contributed by atoms with van der Waals surface area (Å²) in [6.45, 7) is 2.87. The molecule has 0 N–H and O–H groups in total. The molecule has 2 atom stereocenters. The maximum atomic E-state index is 13.2. The van der Waals surface area contributed by atoms with Gasteiger partial charge >= 0.3 is 12.1 Å². The summed E-state index contributed by atoms with van der Waals surface area (Å²) in [5, 5.41) is 12.4. The second-order valence-corrected chi connectivity index (χ2v) is 11.3. The van der Waals surface area contributed by atoms with Crippen molar-refractivity contribution in [2.75, 3.05) is 32.1 Å². The van der Waals surface area contributed by atoms with Crippen molar-refractivity contribution in [2.24, 2.45) is 0 Å². The normalized spacial score (nSPS) is 21.2. The van der Waals surface area contributed by atoms with Gasteiger partial charge in [-0.1, -0.05) is 18.2 Å². The van der Waals surface area contributed by atoms with E-state index in [0.717, 1.165) is 44.2 Å². The molecule has 1 amide bonds. The van der Waals surface area contributed by atoms with Crippen LogP contribution in [0.1, 0.15) is 45.4 Å². The molecule has 3 aliphatic rings. The number of thioether (sulfide) groups is 2. The number of amides is 1. The Morgan fingerprint density at radius 3 is 2.72 bits per heavy atom. The number of fused-ring (bicyclic) bond motifs is 1. The summed E-state index contributed by atoms with van der Waals surface area (Å²) in [6, 6.07) is 0. The summed E-state index contributed by atoms with van der Waals surface area (Å²) in [4.78, 5) is 41.2. The first-order valence-electron chi connectivity index (χ1n) is 12.1. The fraction of sp³-hybridized carbons (Fsp3) is 0.727. The summed E-state index contributed by atoms with van der Waals surface area (Å²) in [6.07, 6.45) is 3.00. The molecule has 1 saturated carbocycles. The third kappa shape index (κ3) is 6.71. The Morgan fingerprint density at radius 2 is 2.00 bits per heavy atom. The molecule has 2 fully saturated rings. The second-order valence-electron chi connectivity index (χ2n) is 9.18. The molecule has 36 heavy (non-hydrogen) atoms. The van der Waals surface area contributed by atoms with E-state index in [0.29, 0.717) is 29.6 Å². The van der Waals surface area contributed by atoms with Crippen molar-refractivity contribution < 1.29 is 28.6 Å². The molecule has 1 unspecified atom stereocenters. The van der Waals surface area contributed by atoms with E-state index >= 15 is 0 Å². The molecule has 1 aromatic rings. The lowest BCUT2D eigenvalue weighted by Gasteiger charge is -2.44. The highest BCUT2D eigenvalue weighted by molar-refractivity contribution is 8.00. The molecule has 1 saturated heterocycles. The summed E-state index contributed by atoms with van der Waals surface area (Å²) in [7, 11) is 3.94. The van der Waals surface area contributed by atoms with E-state index in [9.17, 15) is 14.4 Å². The third-order valence-corrected chi connectivity index (χ3v) is 8.43. The minimum Gasteiger partial charge on any atom is -0.431 e. The summed E-state index contributed by atoms with van der Waals surface area (Å²) in [5.74, 6) is 0.149. The van der Waals surface area contributed by atoms with Gasteiger partial charge in [-0.3, -0.25) is 9.69 Å². The van der Waals surface area contributed by atoms with Crippen molar-refractivity contribution in [3.63, 3.8) is 0 Å². The van der Waals surface area contributed by atoms with Gasteiger partial charge in [-0.25, -0.2) is 14.3 Å². The highest BCUT2D eigenvalue weighted by atomic mass is 32.2. The third-order valence-electron chi connectivity index (χ3n) is 6.11. The minimum atomic E-state index is -1.15. The maximum absolute atomic E-state index is 13.2. The Balaban J connectivity index is 1.39. The van der Waals surface area contributed by atoms with Crippen molar-refractivity contribution in [1.82, 2.24) is 30.0 Å². The Bertz CT molecular complexity index is 995. The number of esters is 1. The number of nitrogens with zero attached hydrogens (tertiary/aromatic N) is 6. The van der Waals surface area contributed by atoms with Crippen molar-refractivity contribution in [2.45, 2.75) is 74.9 Å². The number of rotatable bonds is 10. The van der Waals surface area contributed by atoms with Gasteiger partial charge in [-0.15, -0.1) is 16.9 Å². The number of likely N-dealkylation sites (N-methyl/N-ethyl adjacent to an activating group) is 1. The van der Waals surface area contributed by atoms with Crippen molar-refractivity contribution in [3.05, 3.63) is 11.3 Å². The van der Waals surface area contributed by atoms with Crippen LogP contribution in [0.15, 0.2) is 16.4 Å². The number of hydrogen-bond donors (Lipinski definition) is 0. The van der Waals surface area contributed by atoms with Crippen LogP contribution >= 0.6 is 23.5 Å². The zero-order chi connectivity index (χ0) is 25.7. The molecule has 198 valence electrons. The monoisotopic (exact) mass is 540 g/mol. The Kier molecular flexibility index (Phi) is 9.12. The van der Waals surface area contributed by atoms with Crippen LogP contribution in [0, 0.1) is 0 Å². The molecule has 2 aliphatic heterocycles. The molecule has 4 rings (SSSR count). The molecule has 0 radical (unpaired) electrons. The van der Waals surface area contributed by atoms with Crippen molar-refractivity contribution in [3.8, 4) is 0 Å². The fourth-order valence-electron chi connectivity index (χ4n) is 4.18. The number of tetrazole rings is 1. The Hall–Kier alpha value is -2.32. The fourth-order valence-corrected chi connectivity index (χ4v) is 6.48. The Labute approximate surface area is 218 Å². The lowest BCUT2D eigenvalue weighted by Crippen LogP contribution is -2.54. The average Bonchev–Trinajstić information content (AvgIpc) is 3.28. The number of ether oxygens (including phenoxy) is 3. The quantitative estimate of drug-likeness (QED) is 0.187. The van der Waals surface area contributed by atoms with Crippen LogP contribution in [0.2, 0.25) is 0 Å². The molecular formula is C22H32N6O6S2. The standard InChI is InChI=1S/C22H32N6O6S2/c1-14(33-22(31)34-16-7-5-4-6-8-16)32-20(30)19-15(12-35-18-11-17(29)28(18)19)13-36-21-23-24-25-27(21)10-9-26(2)3/h14,16,18H,4-13H2,1-3H3/t14?,18-/m0/s1. The van der Waals surface area contributed by atoms with E-state index in [1.54, 1.807) is 16.4 Å². The van der Waals surface area contributed by atoms with E-state index in [-0.39, 0.29) is 23.1 Å². The van der Waals surface area contributed by atoms with Gasteiger partial charge in [0.2, 0.25) is 17.4 Å². The maximum Gasteiger partial charge on any atom is 0.511 e. The highest BCUT2D eigenvalue weighted by Gasteiger charge is 2.46. The predicted octanol–water partition coefficient (Wildman–Crippen LogP) is 2.26. The van der Waals surface area contributed by atoms with E-state index in [4.69, 9.17) is 14.2 Å². The summed E-state index contributed by atoms with van der Waals surface area (Å²) in [5.41, 5.74) is 0.962. The van der Waals surface area contributed by atoms with Crippen molar-refractivity contribution >= 4 is 41.6 Å². The van der Waals surface area contributed by atoms with Gasteiger partial charge in [-0.05, 0) is 55.8 Å². The largest absolute Gasteiger partial charge is 0.511 e. The zero-order valence-electron chi connectivity index (χ0n) is 20.8. The van der Waals surface area contributed by atoms with E-state index in [2.05, 4.69) is 15.5 Å². The molecule has 1 aliphatic carbocycles. The van der Waals surface area contributed by atoms with Gasteiger partial charge < -0.3 is 19.1 Å².